The van der Waals surface area contributed by atoms with Crippen molar-refractivity contribution < 1.29 is 0 Å². The second-order valence-corrected chi connectivity index (χ2v) is 5.61. The van der Waals surface area contributed by atoms with Crippen molar-refractivity contribution in [3.05, 3.63) is 77.4 Å². The Labute approximate surface area is 133 Å². The zero-order valence-corrected chi connectivity index (χ0v) is 12.8. The highest BCUT2D eigenvalue weighted by molar-refractivity contribution is 5.60. The first-order valence-corrected chi connectivity index (χ1v) is 7.97. The molecule has 110 valence electrons. The minimum Gasteiger partial charge on any atom is -0.300 e. The summed E-state index contributed by atoms with van der Waals surface area (Å²) in [5.74, 6) is 6.53. The molecular formula is C21H21N. The van der Waals surface area contributed by atoms with Crippen LogP contribution in [-0.4, -0.2) is 24.5 Å². The maximum absolute atomic E-state index is 3.29. The molecule has 0 atom stereocenters. The van der Waals surface area contributed by atoms with Crippen molar-refractivity contribution in [2.45, 2.75) is 12.8 Å². The van der Waals surface area contributed by atoms with E-state index < -0.39 is 0 Å². The van der Waals surface area contributed by atoms with Gasteiger partial charge >= 0.3 is 0 Å². The van der Waals surface area contributed by atoms with Gasteiger partial charge in [-0.3, -0.25) is 4.90 Å². The molecule has 1 nitrogen and oxygen atoms in total. The van der Waals surface area contributed by atoms with Gasteiger partial charge in [0.05, 0.1) is 0 Å². The van der Waals surface area contributed by atoms with Crippen LogP contribution in [0.2, 0.25) is 0 Å². The van der Waals surface area contributed by atoms with Crippen molar-refractivity contribution in [1.82, 2.24) is 4.90 Å². The maximum Gasteiger partial charge on any atom is 0.0321 e. The van der Waals surface area contributed by atoms with Gasteiger partial charge in [0.1, 0.15) is 0 Å². The van der Waals surface area contributed by atoms with Gasteiger partial charge in [-0.05, 0) is 49.7 Å². The summed E-state index contributed by atoms with van der Waals surface area (Å²) in [6.45, 7) is 3.51. The average molecular weight is 287 g/mol. The summed E-state index contributed by atoms with van der Waals surface area (Å²) in [5, 5.41) is 0. The van der Waals surface area contributed by atoms with Crippen LogP contribution in [0.3, 0.4) is 0 Å². The van der Waals surface area contributed by atoms with E-state index in [1.165, 1.54) is 31.5 Å². The summed E-state index contributed by atoms with van der Waals surface area (Å²) < 4.78 is 0. The second-order valence-electron chi connectivity index (χ2n) is 5.61. The number of nitrogens with zero attached hydrogens (tertiary/aromatic N) is 1. The van der Waals surface area contributed by atoms with E-state index in [0.717, 1.165) is 17.7 Å². The van der Waals surface area contributed by atoms with Crippen LogP contribution in [0.15, 0.2) is 60.7 Å². The molecule has 0 spiro atoms. The van der Waals surface area contributed by atoms with E-state index in [4.69, 9.17) is 0 Å². The number of rotatable bonds is 3. The number of hydrogen-bond acceptors (Lipinski definition) is 1. The van der Waals surface area contributed by atoms with Gasteiger partial charge in [-0.2, -0.15) is 0 Å². The summed E-state index contributed by atoms with van der Waals surface area (Å²) in [6, 6.07) is 18.5. The van der Waals surface area contributed by atoms with Crippen LogP contribution < -0.4 is 0 Å². The van der Waals surface area contributed by atoms with Crippen molar-refractivity contribution in [3.63, 3.8) is 0 Å². The van der Waals surface area contributed by atoms with E-state index in [2.05, 4.69) is 47.1 Å². The van der Waals surface area contributed by atoms with Gasteiger partial charge in [0.15, 0.2) is 0 Å². The monoisotopic (exact) mass is 287 g/mol. The molecule has 1 fully saturated rings. The van der Waals surface area contributed by atoms with Crippen molar-refractivity contribution in [2.24, 2.45) is 0 Å². The summed E-state index contributed by atoms with van der Waals surface area (Å²) in [5.41, 5.74) is 3.34. The predicted octanol–water partition coefficient (Wildman–Crippen LogP) is 4.20. The fourth-order valence-corrected chi connectivity index (χ4v) is 2.71. The molecule has 0 bridgehead atoms. The Balaban J connectivity index is 1.72. The zero-order chi connectivity index (χ0) is 15.0. The highest BCUT2D eigenvalue weighted by Crippen LogP contribution is 2.11. The molecule has 1 heterocycles. The lowest BCUT2D eigenvalue weighted by Crippen LogP contribution is -2.18. The third kappa shape index (κ3) is 4.10. The molecule has 0 unspecified atom stereocenters. The molecule has 0 aromatic heterocycles. The third-order valence-corrected chi connectivity index (χ3v) is 3.94. The average Bonchev–Trinajstić information content (AvgIpc) is 3.08. The molecule has 3 rings (SSSR count). The van der Waals surface area contributed by atoms with E-state index in [1.807, 2.05) is 36.4 Å². The fourth-order valence-electron chi connectivity index (χ4n) is 2.71. The SMILES string of the molecule is C(#Cc1ccccc1/C=C/CN1CCCC1)c1ccccc1. The summed E-state index contributed by atoms with van der Waals surface area (Å²) >= 11 is 0. The van der Waals surface area contributed by atoms with E-state index in [9.17, 15) is 0 Å². The number of likely N-dealkylation sites (tertiary alicyclic amines) is 1. The Hall–Kier alpha value is -2.30. The molecule has 0 radical (unpaired) electrons. The van der Waals surface area contributed by atoms with Crippen LogP contribution in [0.25, 0.3) is 6.08 Å². The largest absolute Gasteiger partial charge is 0.300 e. The predicted molar refractivity (Wildman–Crippen MR) is 93.6 cm³/mol. The Morgan fingerprint density at radius 1 is 0.864 bits per heavy atom. The Bertz CT molecular complexity index is 683. The molecular weight excluding hydrogens is 266 g/mol. The Morgan fingerprint density at radius 2 is 1.59 bits per heavy atom. The van der Waals surface area contributed by atoms with Crippen LogP contribution in [0.1, 0.15) is 29.5 Å². The van der Waals surface area contributed by atoms with Gasteiger partial charge < -0.3 is 0 Å². The molecule has 2 aromatic rings. The van der Waals surface area contributed by atoms with Crippen LogP contribution in [0.5, 0.6) is 0 Å². The van der Waals surface area contributed by atoms with Crippen LogP contribution in [-0.2, 0) is 0 Å². The fraction of sp³-hybridized carbons (Fsp3) is 0.238. The van der Waals surface area contributed by atoms with Crippen molar-refractivity contribution >= 4 is 6.08 Å². The minimum absolute atomic E-state index is 1.04. The number of benzene rings is 2. The van der Waals surface area contributed by atoms with Crippen LogP contribution in [0, 0.1) is 11.8 Å². The number of hydrogen-bond donors (Lipinski definition) is 0. The van der Waals surface area contributed by atoms with Crippen LogP contribution in [0.4, 0.5) is 0 Å². The van der Waals surface area contributed by atoms with Crippen molar-refractivity contribution in [1.29, 1.82) is 0 Å². The smallest absolute Gasteiger partial charge is 0.0321 e. The van der Waals surface area contributed by atoms with Crippen molar-refractivity contribution in [2.75, 3.05) is 19.6 Å². The topological polar surface area (TPSA) is 3.24 Å². The maximum atomic E-state index is 3.29. The van der Waals surface area contributed by atoms with Gasteiger partial charge in [0, 0.05) is 17.7 Å². The molecule has 0 amide bonds. The standard InChI is InChI=1S/C21H21N/c1-2-9-19(10-3-1)14-15-21-12-5-4-11-20(21)13-8-18-22-16-6-7-17-22/h1-5,8-13H,6-7,16-18H2/b13-8+. The molecule has 0 saturated carbocycles. The summed E-state index contributed by atoms with van der Waals surface area (Å²) in [6.07, 6.45) is 7.14. The van der Waals surface area contributed by atoms with E-state index >= 15 is 0 Å². The first-order valence-electron chi connectivity index (χ1n) is 7.97. The van der Waals surface area contributed by atoms with E-state index in [0.29, 0.717) is 0 Å². The van der Waals surface area contributed by atoms with E-state index in [-0.39, 0.29) is 0 Å². The lowest BCUT2D eigenvalue weighted by molar-refractivity contribution is 0.378. The van der Waals surface area contributed by atoms with E-state index in [1.54, 1.807) is 0 Å². The molecule has 1 heteroatoms. The van der Waals surface area contributed by atoms with Crippen LogP contribution >= 0.6 is 0 Å². The highest BCUT2D eigenvalue weighted by atomic mass is 15.1. The normalized spacial score (nSPS) is 14.9. The van der Waals surface area contributed by atoms with Crippen molar-refractivity contribution in [3.8, 4) is 11.8 Å². The molecule has 2 aromatic carbocycles. The van der Waals surface area contributed by atoms with Gasteiger partial charge in [0.25, 0.3) is 0 Å². The van der Waals surface area contributed by atoms with Gasteiger partial charge in [-0.15, -0.1) is 0 Å². The molecule has 0 N–H and O–H groups in total. The molecule has 22 heavy (non-hydrogen) atoms. The quantitative estimate of drug-likeness (QED) is 0.765. The first kappa shape index (κ1) is 14.6. The highest BCUT2D eigenvalue weighted by Gasteiger charge is 2.08. The molecule has 1 aliphatic heterocycles. The third-order valence-electron chi connectivity index (χ3n) is 3.94. The van der Waals surface area contributed by atoms with Gasteiger partial charge in [0.2, 0.25) is 0 Å². The lowest BCUT2D eigenvalue weighted by Gasteiger charge is -2.10. The second kappa shape index (κ2) is 7.64. The molecule has 0 aliphatic carbocycles. The minimum atomic E-state index is 1.04. The summed E-state index contributed by atoms with van der Waals surface area (Å²) in [7, 11) is 0. The zero-order valence-electron chi connectivity index (χ0n) is 12.8. The van der Waals surface area contributed by atoms with Gasteiger partial charge in [-0.25, -0.2) is 0 Å². The Kier molecular flexibility index (Phi) is 5.08. The summed E-state index contributed by atoms with van der Waals surface area (Å²) in [4.78, 5) is 2.49. The first-order chi connectivity index (χ1) is 10.9. The van der Waals surface area contributed by atoms with Gasteiger partial charge in [-0.1, -0.05) is 60.4 Å². The lowest BCUT2D eigenvalue weighted by atomic mass is 10.1. The Morgan fingerprint density at radius 3 is 2.41 bits per heavy atom. The molecule has 1 saturated heterocycles. The molecule has 1 aliphatic rings.